The van der Waals surface area contributed by atoms with Crippen LogP contribution in [0.2, 0.25) is 0 Å². The van der Waals surface area contributed by atoms with Crippen LogP contribution in [-0.2, 0) is 0 Å². The Morgan fingerprint density at radius 1 is 1.14 bits per heavy atom. The van der Waals surface area contributed by atoms with E-state index in [0.717, 1.165) is 23.5 Å². The average molecular weight is 287 g/mol. The van der Waals surface area contributed by atoms with Gasteiger partial charge in [-0.05, 0) is 50.9 Å². The van der Waals surface area contributed by atoms with Gasteiger partial charge in [0.15, 0.2) is 5.82 Å². The van der Waals surface area contributed by atoms with Gasteiger partial charge < -0.3 is 5.32 Å². The predicted octanol–water partition coefficient (Wildman–Crippen LogP) is 3.53. The molecule has 1 atom stereocenters. The van der Waals surface area contributed by atoms with Crippen molar-refractivity contribution in [2.45, 2.75) is 33.6 Å². The fraction of sp³-hybridized carbons (Fsp3) is 0.412. The number of benzene rings is 1. The third kappa shape index (κ3) is 3.27. The second-order valence-electron chi connectivity index (χ2n) is 5.55. The first-order valence-electron chi connectivity index (χ1n) is 7.20. The zero-order chi connectivity index (χ0) is 15.6. The maximum atomic E-state index is 13.7. The van der Waals surface area contributed by atoms with E-state index >= 15 is 0 Å². The van der Waals surface area contributed by atoms with Gasteiger partial charge in [0.25, 0.3) is 0 Å². The summed E-state index contributed by atoms with van der Waals surface area (Å²) in [7, 11) is 1.94. The first-order chi connectivity index (χ1) is 9.93. The number of hydrogen-bond donors (Lipinski definition) is 1. The van der Waals surface area contributed by atoms with Gasteiger partial charge >= 0.3 is 0 Å². The SMILES string of the molecule is CNCC(C)c1c(C)nc(-c2ccc(C)c(F)c2)nc1C. The molecule has 1 aromatic heterocycles. The summed E-state index contributed by atoms with van der Waals surface area (Å²) in [4.78, 5) is 9.15. The van der Waals surface area contributed by atoms with Gasteiger partial charge in [-0.2, -0.15) is 0 Å². The number of halogens is 1. The summed E-state index contributed by atoms with van der Waals surface area (Å²) >= 11 is 0. The number of nitrogens with zero attached hydrogens (tertiary/aromatic N) is 2. The van der Waals surface area contributed by atoms with Crippen LogP contribution in [0, 0.1) is 26.6 Å². The molecule has 2 rings (SSSR count). The van der Waals surface area contributed by atoms with Gasteiger partial charge in [0.05, 0.1) is 0 Å². The molecule has 3 nitrogen and oxygen atoms in total. The van der Waals surface area contributed by atoms with E-state index in [1.165, 1.54) is 11.6 Å². The lowest BCUT2D eigenvalue weighted by Crippen LogP contribution is -2.17. The molecular weight excluding hydrogens is 265 g/mol. The summed E-state index contributed by atoms with van der Waals surface area (Å²) in [6.45, 7) is 8.76. The van der Waals surface area contributed by atoms with E-state index < -0.39 is 0 Å². The zero-order valence-electron chi connectivity index (χ0n) is 13.3. The van der Waals surface area contributed by atoms with Crippen LogP contribution in [0.15, 0.2) is 18.2 Å². The molecule has 0 spiro atoms. The molecule has 2 aromatic rings. The molecule has 0 fully saturated rings. The van der Waals surface area contributed by atoms with Crippen LogP contribution in [0.25, 0.3) is 11.4 Å². The summed E-state index contributed by atoms with van der Waals surface area (Å²) in [5.41, 5.74) is 4.44. The van der Waals surface area contributed by atoms with E-state index in [1.54, 1.807) is 13.0 Å². The van der Waals surface area contributed by atoms with Crippen LogP contribution < -0.4 is 5.32 Å². The second-order valence-corrected chi connectivity index (χ2v) is 5.55. The topological polar surface area (TPSA) is 37.8 Å². The summed E-state index contributed by atoms with van der Waals surface area (Å²) in [5.74, 6) is 0.710. The monoisotopic (exact) mass is 287 g/mol. The number of rotatable bonds is 4. The molecule has 0 amide bonds. The highest BCUT2D eigenvalue weighted by Crippen LogP contribution is 2.25. The first-order valence-corrected chi connectivity index (χ1v) is 7.20. The Labute approximate surface area is 125 Å². The Morgan fingerprint density at radius 3 is 2.29 bits per heavy atom. The van der Waals surface area contributed by atoms with E-state index in [1.807, 2.05) is 27.0 Å². The molecule has 4 heteroatoms. The van der Waals surface area contributed by atoms with Crippen LogP contribution in [-0.4, -0.2) is 23.6 Å². The highest BCUT2D eigenvalue weighted by Gasteiger charge is 2.15. The molecule has 0 radical (unpaired) electrons. The van der Waals surface area contributed by atoms with Crippen LogP contribution in [0.4, 0.5) is 4.39 Å². The Balaban J connectivity index is 2.46. The summed E-state index contributed by atoms with van der Waals surface area (Å²) in [6, 6.07) is 5.12. The maximum absolute atomic E-state index is 13.7. The molecule has 21 heavy (non-hydrogen) atoms. The molecule has 0 aliphatic carbocycles. The first kappa shape index (κ1) is 15.6. The number of aryl methyl sites for hydroxylation is 3. The number of aromatic nitrogens is 2. The Bertz CT molecular complexity index is 629. The normalized spacial score (nSPS) is 12.5. The van der Waals surface area contributed by atoms with E-state index in [0.29, 0.717) is 17.3 Å². The highest BCUT2D eigenvalue weighted by atomic mass is 19.1. The van der Waals surface area contributed by atoms with Crippen molar-refractivity contribution in [2.24, 2.45) is 0 Å². The van der Waals surface area contributed by atoms with Crippen LogP contribution in [0.5, 0.6) is 0 Å². The average Bonchev–Trinajstić information content (AvgIpc) is 2.41. The molecule has 1 unspecified atom stereocenters. The molecule has 0 saturated heterocycles. The number of likely N-dealkylation sites (N-methyl/N-ethyl adjacent to an activating group) is 1. The van der Waals surface area contributed by atoms with Gasteiger partial charge in [-0.15, -0.1) is 0 Å². The van der Waals surface area contributed by atoms with E-state index in [-0.39, 0.29) is 5.82 Å². The van der Waals surface area contributed by atoms with Crippen molar-refractivity contribution in [3.05, 3.63) is 46.5 Å². The molecule has 1 heterocycles. The summed E-state index contributed by atoms with van der Waals surface area (Å²) < 4.78 is 13.7. The van der Waals surface area contributed by atoms with Crippen molar-refractivity contribution in [1.29, 1.82) is 0 Å². The molecule has 0 saturated carbocycles. The van der Waals surface area contributed by atoms with Crippen molar-refractivity contribution < 1.29 is 4.39 Å². The Morgan fingerprint density at radius 2 is 1.76 bits per heavy atom. The molecule has 0 aliphatic rings. The lowest BCUT2D eigenvalue weighted by Gasteiger charge is -2.17. The molecule has 1 aromatic carbocycles. The minimum Gasteiger partial charge on any atom is -0.319 e. The highest BCUT2D eigenvalue weighted by molar-refractivity contribution is 5.56. The number of nitrogens with one attached hydrogen (secondary N) is 1. The van der Waals surface area contributed by atoms with Gasteiger partial charge in [0, 0.05) is 23.5 Å². The smallest absolute Gasteiger partial charge is 0.159 e. The lowest BCUT2D eigenvalue weighted by atomic mass is 9.97. The lowest BCUT2D eigenvalue weighted by molar-refractivity contribution is 0.619. The van der Waals surface area contributed by atoms with Gasteiger partial charge in [-0.25, -0.2) is 14.4 Å². The molecule has 1 N–H and O–H groups in total. The third-order valence-electron chi connectivity index (χ3n) is 3.76. The van der Waals surface area contributed by atoms with Gasteiger partial charge in [0.1, 0.15) is 5.82 Å². The van der Waals surface area contributed by atoms with Gasteiger partial charge in [-0.3, -0.25) is 0 Å². The predicted molar refractivity (Wildman–Crippen MR) is 84.0 cm³/mol. The maximum Gasteiger partial charge on any atom is 0.159 e. The third-order valence-corrected chi connectivity index (χ3v) is 3.76. The van der Waals surface area contributed by atoms with Crippen molar-refractivity contribution >= 4 is 0 Å². The van der Waals surface area contributed by atoms with Crippen LogP contribution in [0.3, 0.4) is 0 Å². The van der Waals surface area contributed by atoms with Crippen LogP contribution >= 0.6 is 0 Å². The second kappa shape index (κ2) is 6.31. The minimum absolute atomic E-state index is 0.223. The molecule has 112 valence electrons. The van der Waals surface area contributed by atoms with Crippen LogP contribution in [0.1, 0.15) is 35.4 Å². The fourth-order valence-corrected chi connectivity index (χ4v) is 2.71. The molecule has 0 bridgehead atoms. The Hall–Kier alpha value is -1.81. The van der Waals surface area contributed by atoms with E-state index in [9.17, 15) is 4.39 Å². The van der Waals surface area contributed by atoms with Gasteiger partial charge in [-0.1, -0.05) is 19.1 Å². The molecular formula is C17H22FN3. The Kier molecular flexibility index (Phi) is 4.68. The molecule has 0 aliphatic heterocycles. The summed E-state index contributed by atoms with van der Waals surface area (Å²) in [6.07, 6.45) is 0. The standard InChI is InChI=1S/C17H22FN3/c1-10-6-7-14(8-15(10)18)17-20-12(3)16(13(4)21-17)11(2)9-19-5/h6-8,11,19H,9H2,1-5H3. The number of hydrogen-bond acceptors (Lipinski definition) is 3. The van der Waals surface area contributed by atoms with Crippen molar-refractivity contribution in [3.8, 4) is 11.4 Å². The summed E-state index contributed by atoms with van der Waals surface area (Å²) in [5, 5.41) is 3.18. The largest absolute Gasteiger partial charge is 0.319 e. The quantitative estimate of drug-likeness (QED) is 0.934. The van der Waals surface area contributed by atoms with Crippen molar-refractivity contribution in [3.63, 3.8) is 0 Å². The van der Waals surface area contributed by atoms with E-state index in [4.69, 9.17) is 0 Å². The fourth-order valence-electron chi connectivity index (χ4n) is 2.71. The zero-order valence-corrected chi connectivity index (χ0v) is 13.3. The van der Waals surface area contributed by atoms with E-state index in [2.05, 4.69) is 22.2 Å². The van der Waals surface area contributed by atoms with Crippen molar-refractivity contribution in [2.75, 3.05) is 13.6 Å². The van der Waals surface area contributed by atoms with Crippen molar-refractivity contribution in [1.82, 2.24) is 15.3 Å². The van der Waals surface area contributed by atoms with Gasteiger partial charge in [0.2, 0.25) is 0 Å². The minimum atomic E-state index is -0.223.